The quantitative estimate of drug-likeness (QED) is 0.315. The molecule has 41 heavy (non-hydrogen) atoms. The standard InChI is InChI=1S/C29H21ClF2N4O5/c1-40-28(38)24-23(15-7-4-3-5-8-15)19(14-33)26(34)36(25(24)29(39)41-2)17-10-6-9-16(11-17)35-27(37)18-12-21(31)22(32)13-20(18)30/h3-13,23H,34H2,1-2H3,(H,35,37). The highest BCUT2D eigenvalue weighted by molar-refractivity contribution is 6.34. The average Bonchev–Trinajstić information content (AvgIpc) is 2.97. The van der Waals surface area contributed by atoms with Gasteiger partial charge in [-0.1, -0.05) is 48.0 Å². The van der Waals surface area contributed by atoms with Gasteiger partial charge < -0.3 is 20.5 Å². The summed E-state index contributed by atoms with van der Waals surface area (Å²) in [6.07, 6.45) is 0. The summed E-state index contributed by atoms with van der Waals surface area (Å²) in [5.41, 5.74) is 6.38. The maximum Gasteiger partial charge on any atom is 0.355 e. The monoisotopic (exact) mass is 578 g/mol. The van der Waals surface area contributed by atoms with Crippen molar-refractivity contribution in [1.29, 1.82) is 5.26 Å². The summed E-state index contributed by atoms with van der Waals surface area (Å²) in [5.74, 6) is -6.42. The summed E-state index contributed by atoms with van der Waals surface area (Å²) in [6.45, 7) is 0. The first-order chi connectivity index (χ1) is 19.6. The van der Waals surface area contributed by atoms with Crippen molar-refractivity contribution in [2.75, 3.05) is 24.4 Å². The van der Waals surface area contributed by atoms with Gasteiger partial charge in [-0.2, -0.15) is 5.26 Å². The molecule has 1 heterocycles. The summed E-state index contributed by atoms with van der Waals surface area (Å²) >= 11 is 5.93. The molecule has 3 aromatic rings. The first-order valence-electron chi connectivity index (χ1n) is 11.8. The van der Waals surface area contributed by atoms with Crippen LogP contribution < -0.4 is 16.0 Å². The van der Waals surface area contributed by atoms with Gasteiger partial charge in [0.15, 0.2) is 11.6 Å². The van der Waals surface area contributed by atoms with Crippen LogP contribution in [0.25, 0.3) is 0 Å². The lowest BCUT2D eigenvalue weighted by Gasteiger charge is -2.36. The van der Waals surface area contributed by atoms with Crippen molar-refractivity contribution in [2.24, 2.45) is 5.73 Å². The zero-order valence-electron chi connectivity index (χ0n) is 21.6. The van der Waals surface area contributed by atoms with Crippen LogP contribution in [0, 0.1) is 23.0 Å². The number of hydrogen-bond donors (Lipinski definition) is 2. The Morgan fingerprint density at radius 2 is 1.63 bits per heavy atom. The van der Waals surface area contributed by atoms with Crippen molar-refractivity contribution in [2.45, 2.75) is 5.92 Å². The molecule has 0 aliphatic carbocycles. The minimum absolute atomic E-state index is 0.0488. The fourth-order valence-electron chi connectivity index (χ4n) is 4.40. The Hall–Kier alpha value is -5.21. The highest BCUT2D eigenvalue weighted by Gasteiger charge is 2.43. The fraction of sp³-hybridized carbons (Fsp3) is 0.103. The molecule has 1 aliphatic heterocycles. The molecular formula is C29H21ClF2N4O5. The molecule has 0 fully saturated rings. The summed E-state index contributed by atoms with van der Waals surface area (Å²) in [5, 5.41) is 12.4. The van der Waals surface area contributed by atoms with Crippen molar-refractivity contribution >= 4 is 40.8 Å². The van der Waals surface area contributed by atoms with Gasteiger partial charge in [0.2, 0.25) is 0 Å². The van der Waals surface area contributed by atoms with Crippen molar-refractivity contribution in [3.05, 3.63) is 117 Å². The van der Waals surface area contributed by atoms with Gasteiger partial charge in [0.1, 0.15) is 11.5 Å². The third kappa shape index (κ3) is 5.46. The van der Waals surface area contributed by atoms with E-state index >= 15 is 0 Å². The Morgan fingerprint density at radius 3 is 2.27 bits per heavy atom. The van der Waals surface area contributed by atoms with Gasteiger partial charge in [-0.25, -0.2) is 18.4 Å². The predicted molar refractivity (Wildman–Crippen MR) is 145 cm³/mol. The molecule has 1 unspecified atom stereocenters. The van der Waals surface area contributed by atoms with E-state index in [-0.39, 0.29) is 44.6 Å². The van der Waals surface area contributed by atoms with Crippen LogP contribution in [-0.4, -0.2) is 32.1 Å². The number of amides is 1. The molecule has 1 aliphatic rings. The van der Waals surface area contributed by atoms with Gasteiger partial charge in [-0.15, -0.1) is 0 Å². The summed E-state index contributed by atoms with van der Waals surface area (Å²) in [6, 6.07) is 17.7. The Labute approximate surface area is 238 Å². The lowest BCUT2D eigenvalue weighted by molar-refractivity contribution is -0.139. The molecule has 0 saturated heterocycles. The minimum atomic E-state index is -1.26. The Morgan fingerprint density at radius 1 is 0.976 bits per heavy atom. The normalized spacial score (nSPS) is 14.8. The van der Waals surface area contributed by atoms with Gasteiger partial charge in [0, 0.05) is 11.4 Å². The van der Waals surface area contributed by atoms with E-state index in [4.69, 9.17) is 26.8 Å². The Balaban J connectivity index is 1.87. The number of allylic oxidation sites excluding steroid dienone is 1. The van der Waals surface area contributed by atoms with E-state index in [1.807, 2.05) is 6.07 Å². The third-order valence-electron chi connectivity index (χ3n) is 6.23. The molecular weight excluding hydrogens is 558 g/mol. The van der Waals surface area contributed by atoms with Gasteiger partial charge in [-0.05, 0) is 35.9 Å². The maximum absolute atomic E-state index is 13.8. The predicted octanol–water partition coefficient (Wildman–Crippen LogP) is 4.77. The van der Waals surface area contributed by atoms with Gasteiger partial charge >= 0.3 is 11.9 Å². The first-order valence-corrected chi connectivity index (χ1v) is 12.2. The zero-order chi connectivity index (χ0) is 29.8. The second kappa shape index (κ2) is 11.9. The van der Waals surface area contributed by atoms with Crippen LogP contribution in [0.4, 0.5) is 20.2 Å². The van der Waals surface area contributed by atoms with Crippen molar-refractivity contribution in [3.8, 4) is 6.07 Å². The number of halogens is 3. The number of esters is 2. The molecule has 0 spiro atoms. The van der Waals surface area contributed by atoms with Crippen LogP contribution in [0.5, 0.6) is 0 Å². The van der Waals surface area contributed by atoms with Crippen LogP contribution in [0.1, 0.15) is 21.8 Å². The lowest BCUT2D eigenvalue weighted by Crippen LogP contribution is -2.40. The molecule has 0 saturated carbocycles. The van der Waals surface area contributed by atoms with E-state index in [9.17, 15) is 28.4 Å². The second-order valence-electron chi connectivity index (χ2n) is 8.59. The molecule has 0 aromatic heterocycles. The number of benzene rings is 3. The van der Waals surface area contributed by atoms with E-state index in [2.05, 4.69) is 5.32 Å². The van der Waals surface area contributed by atoms with Crippen LogP contribution in [0.2, 0.25) is 5.02 Å². The van der Waals surface area contributed by atoms with Crippen LogP contribution in [0.15, 0.2) is 89.4 Å². The SMILES string of the molecule is COC(=O)C1=C(C(=O)OC)N(c2cccc(NC(=O)c3cc(F)c(F)cc3Cl)c2)C(N)=C(C#N)C1c1ccccc1. The van der Waals surface area contributed by atoms with Gasteiger partial charge in [-0.3, -0.25) is 9.69 Å². The van der Waals surface area contributed by atoms with E-state index in [0.29, 0.717) is 17.7 Å². The molecule has 12 heteroatoms. The number of rotatable bonds is 6. The van der Waals surface area contributed by atoms with Crippen LogP contribution in [0.3, 0.4) is 0 Å². The number of ether oxygens (including phenoxy) is 2. The topological polar surface area (TPSA) is 135 Å². The highest BCUT2D eigenvalue weighted by Crippen LogP contribution is 2.43. The largest absolute Gasteiger partial charge is 0.466 e. The van der Waals surface area contributed by atoms with Crippen LogP contribution >= 0.6 is 11.6 Å². The zero-order valence-corrected chi connectivity index (χ0v) is 22.3. The second-order valence-corrected chi connectivity index (χ2v) is 8.99. The van der Waals surface area contributed by atoms with E-state index in [0.717, 1.165) is 19.1 Å². The molecule has 0 radical (unpaired) electrons. The van der Waals surface area contributed by atoms with Gasteiger partial charge in [0.25, 0.3) is 5.91 Å². The van der Waals surface area contributed by atoms with Crippen molar-refractivity contribution in [3.63, 3.8) is 0 Å². The van der Waals surface area contributed by atoms with Crippen molar-refractivity contribution in [1.82, 2.24) is 0 Å². The van der Waals surface area contributed by atoms with Crippen molar-refractivity contribution < 1.29 is 32.6 Å². The summed E-state index contributed by atoms with van der Waals surface area (Å²) < 4.78 is 37.2. The molecule has 4 rings (SSSR count). The molecule has 208 valence electrons. The number of anilines is 2. The average molecular weight is 579 g/mol. The fourth-order valence-corrected chi connectivity index (χ4v) is 4.64. The molecule has 1 atom stereocenters. The number of nitriles is 1. The number of methoxy groups -OCH3 is 2. The molecule has 3 N–H and O–H groups in total. The third-order valence-corrected chi connectivity index (χ3v) is 6.54. The summed E-state index contributed by atoms with van der Waals surface area (Å²) in [4.78, 5) is 40.3. The number of nitrogens with one attached hydrogen (secondary N) is 1. The number of hydrogen-bond acceptors (Lipinski definition) is 8. The first kappa shape index (κ1) is 28.8. The van der Waals surface area contributed by atoms with E-state index in [1.54, 1.807) is 30.3 Å². The maximum atomic E-state index is 13.8. The van der Waals surface area contributed by atoms with E-state index < -0.39 is 35.4 Å². The van der Waals surface area contributed by atoms with E-state index in [1.165, 1.54) is 24.3 Å². The minimum Gasteiger partial charge on any atom is -0.466 e. The molecule has 0 bridgehead atoms. The number of carbonyl (C=O) groups is 3. The molecule has 9 nitrogen and oxygen atoms in total. The number of carbonyl (C=O) groups excluding carboxylic acids is 3. The lowest BCUT2D eigenvalue weighted by atomic mass is 9.81. The molecule has 1 amide bonds. The smallest absolute Gasteiger partial charge is 0.355 e. The van der Waals surface area contributed by atoms with Crippen LogP contribution in [-0.2, 0) is 19.1 Å². The van der Waals surface area contributed by atoms with Gasteiger partial charge in [0.05, 0.1) is 47.9 Å². The highest BCUT2D eigenvalue weighted by atomic mass is 35.5. The number of nitrogens with zero attached hydrogens (tertiary/aromatic N) is 2. The summed E-state index contributed by atoms with van der Waals surface area (Å²) in [7, 11) is 2.24. The number of nitrogens with two attached hydrogens (primary N) is 1. The Kier molecular flexibility index (Phi) is 8.35. The Bertz CT molecular complexity index is 1670. The molecule has 3 aromatic carbocycles.